The minimum atomic E-state index is 0.0989. The summed E-state index contributed by atoms with van der Waals surface area (Å²) < 4.78 is 7.25. The molecule has 0 fully saturated rings. The van der Waals surface area contributed by atoms with E-state index in [9.17, 15) is 4.79 Å². The van der Waals surface area contributed by atoms with E-state index in [0.29, 0.717) is 25.5 Å². The molecule has 0 saturated carbocycles. The summed E-state index contributed by atoms with van der Waals surface area (Å²) in [5.74, 6) is 0.392. The second-order valence-electron chi connectivity index (χ2n) is 6.16. The number of ether oxygens (including phenoxy) is 1. The Bertz CT molecular complexity index is 641. The number of nitrogens with zero attached hydrogens (tertiary/aromatic N) is 3. The number of thiazole rings is 1. The first-order valence-electron chi connectivity index (χ1n) is 8.25. The van der Waals surface area contributed by atoms with Gasteiger partial charge in [-0.3, -0.25) is 9.69 Å². The number of methoxy groups -OCH3 is 1. The number of carbonyl (C=O) groups is 1. The van der Waals surface area contributed by atoms with Gasteiger partial charge >= 0.3 is 0 Å². The van der Waals surface area contributed by atoms with E-state index < -0.39 is 0 Å². The maximum atomic E-state index is 12.2. The van der Waals surface area contributed by atoms with Gasteiger partial charge in [0.05, 0.1) is 13.2 Å². The smallest absolute Gasteiger partial charge is 0.220 e. The SMILES string of the molecule is COCCNC(=O)CC1CN(Cc2nccs2)Cc2cccn2C1. The molecule has 0 radical (unpaired) electrons. The van der Waals surface area contributed by atoms with E-state index in [1.54, 1.807) is 18.4 Å². The van der Waals surface area contributed by atoms with Gasteiger partial charge in [-0.15, -0.1) is 11.3 Å². The lowest BCUT2D eigenvalue weighted by atomic mass is 10.0. The molecule has 1 aliphatic rings. The van der Waals surface area contributed by atoms with Crippen LogP contribution in [0.2, 0.25) is 0 Å². The molecule has 0 spiro atoms. The van der Waals surface area contributed by atoms with Crippen LogP contribution < -0.4 is 5.32 Å². The van der Waals surface area contributed by atoms with E-state index in [4.69, 9.17) is 4.74 Å². The van der Waals surface area contributed by atoms with Gasteiger partial charge < -0.3 is 14.6 Å². The lowest BCUT2D eigenvalue weighted by Crippen LogP contribution is -2.33. The Kier molecular flexibility index (Phi) is 6.01. The fourth-order valence-electron chi connectivity index (χ4n) is 3.16. The molecule has 2 aromatic rings. The molecule has 0 aliphatic carbocycles. The van der Waals surface area contributed by atoms with Gasteiger partial charge in [0.25, 0.3) is 0 Å². The Morgan fingerprint density at radius 1 is 1.50 bits per heavy atom. The molecule has 3 heterocycles. The Morgan fingerprint density at radius 3 is 3.21 bits per heavy atom. The molecule has 1 atom stereocenters. The number of aromatic nitrogens is 2. The Labute approximate surface area is 146 Å². The van der Waals surface area contributed by atoms with E-state index >= 15 is 0 Å². The highest BCUT2D eigenvalue weighted by Crippen LogP contribution is 2.21. The van der Waals surface area contributed by atoms with E-state index in [1.807, 2.05) is 11.6 Å². The molecule has 130 valence electrons. The second-order valence-corrected chi connectivity index (χ2v) is 7.14. The number of amides is 1. The van der Waals surface area contributed by atoms with Gasteiger partial charge in [0.15, 0.2) is 0 Å². The predicted octanol–water partition coefficient (Wildman–Crippen LogP) is 1.73. The van der Waals surface area contributed by atoms with Crippen LogP contribution in [0.15, 0.2) is 29.9 Å². The first-order chi connectivity index (χ1) is 11.7. The van der Waals surface area contributed by atoms with Crippen LogP contribution in [0.1, 0.15) is 17.1 Å². The molecule has 2 aromatic heterocycles. The summed E-state index contributed by atoms with van der Waals surface area (Å²) >= 11 is 1.68. The van der Waals surface area contributed by atoms with Crippen molar-refractivity contribution in [2.24, 2.45) is 5.92 Å². The molecule has 1 N–H and O–H groups in total. The normalized spacial score (nSPS) is 18.1. The summed E-state index contributed by atoms with van der Waals surface area (Å²) in [5.41, 5.74) is 1.30. The summed E-state index contributed by atoms with van der Waals surface area (Å²) in [6.45, 7) is 4.64. The van der Waals surface area contributed by atoms with E-state index in [1.165, 1.54) is 5.69 Å². The monoisotopic (exact) mass is 348 g/mol. The third kappa shape index (κ3) is 4.66. The van der Waals surface area contributed by atoms with Crippen LogP contribution >= 0.6 is 11.3 Å². The lowest BCUT2D eigenvalue weighted by molar-refractivity contribution is -0.122. The molecule has 0 aromatic carbocycles. The van der Waals surface area contributed by atoms with Crippen molar-refractivity contribution in [2.45, 2.75) is 26.1 Å². The van der Waals surface area contributed by atoms with Crippen LogP contribution in [0, 0.1) is 5.92 Å². The van der Waals surface area contributed by atoms with Crippen LogP contribution in [-0.2, 0) is 29.2 Å². The third-order valence-corrected chi connectivity index (χ3v) is 4.99. The fourth-order valence-corrected chi connectivity index (χ4v) is 3.82. The highest BCUT2D eigenvalue weighted by Gasteiger charge is 2.24. The molecule has 1 aliphatic heterocycles. The van der Waals surface area contributed by atoms with E-state index in [2.05, 4.69) is 38.1 Å². The van der Waals surface area contributed by atoms with Crippen molar-refractivity contribution < 1.29 is 9.53 Å². The zero-order valence-corrected chi connectivity index (χ0v) is 14.8. The molecule has 6 nitrogen and oxygen atoms in total. The van der Waals surface area contributed by atoms with Crippen molar-refractivity contribution in [2.75, 3.05) is 26.8 Å². The predicted molar refractivity (Wildman–Crippen MR) is 93.7 cm³/mol. The lowest BCUT2D eigenvalue weighted by Gasteiger charge is -2.22. The highest BCUT2D eigenvalue weighted by molar-refractivity contribution is 7.09. The van der Waals surface area contributed by atoms with Gasteiger partial charge in [0, 0.05) is 63.2 Å². The van der Waals surface area contributed by atoms with Gasteiger partial charge in [-0.05, 0) is 18.1 Å². The summed E-state index contributed by atoms with van der Waals surface area (Å²) in [6, 6.07) is 4.24. The van der Waals surface area contributed by atoms with E-state index in [-0.39, 0.29) is 5.91 Å². The number of rotatable bonds is 7. The largest absolute Gasteiger partial charge is 0.383 e. The fraction of sp³-hybridized carbons (Fsp3) is 0.529. The minimum absolute atomic E-state index is 0.0989. The second kappa shape index (κ2) is 8.41. The number of carbonyl (C=O) groups excluding carboxylic acids is 1. The maximum Gasteiger partial charge on any atom is 0.220 e. The summed E-state index contributed by atoms with van der Waals surface area (Å²) in [7, 11) is 1.64. The topological polar surface area (TPSA) is 59.4 Å². The first-order valence-corrected chi connectivity index (χ1v) is 9.13. The van der Waals surface area contributed by atoms with Gasteiger partial charge in [0.1, 0.15) is 5.01 Å². The van der Waals surface area contributed by atoms with Crippen LogP contribution in [0.3, 0.4) is 0 Å². The zero-order valence-electron chi connectivity index (χ0n) is 14.0. The Hall–Kier alpha value is -1.70. The van der Waals surface area contributed by atoms with Crippen molar-refractivity contribution in [1.82, 2.24) is 19.8 Å². The van der Waals surface area contributed by atoms with Crippen LogP contribution in [-0.4, -0.2) is 47.2 Å². The van der Waals surface area contributed by atoms with Gasteiger partial charge in [0.2, 0.25) is 5.91 Å². The molecule has 1 unspecified atom stereocenters. The molecule has 0 bridgehead atoms. The third-order valence-electron chi connectivity index (χ3n) is 4.23. The van der Waals surface area contributed by atoms with Crippen molar-refractivity contribution in [1.29, 1.82) is 0 Å². The molecule has 24 heavy (non-hydrogen) atoms. The van der Waals surface area contributed by atoms with Crippen molar-refractivity contribution >= 4 is 17.2 Å². The van der Waals surface area contributed by atoms with Gasteiger partial charge in [-0.25, -0.2) is 4.98 Å². The quantitative estimate of drug-likeness (QED) is 0.774. The first kappa shape index (κ1) is 17.1. The number of hydrogen-bond donors (Lipinski definition) is 1. The molecule has 7 heteroatoms. The number of fused-ring (bicyclic) bond motifs is 1. The van der Waals surface area contributed by atoms with Crippen molar-refractivity contribution in [3.8, 4) is 0 Å². The zero-order chi connectivity index (χ0) is 16.8. The molecular weight excluding hydrogens is 324 g/mol. The number of nitrogens with one attached hydrogen (secondary N) is 1. The number of hydrogen-bond acceptors (Lipinski definition) is 5. The van der Waals surface area contributed by atoms with Gasteiger partial charge in [-0.1, -0.05) is 0 Å². The molecule has 0 saturated heterocycles. The average molecular weight is 348 g/mol. The standard InChI is InChI=1S/C17H24N4O2S/c1-23-7-4-18-16(22)9-14-10-20(13-17-19-5-8-24-17)12-15-3-2-6-21(15)11-14/h2-3,5-6,8,14H,4,7,9-13H2,1H3,(H,18,22). The Balaban J connectivity index is 1.64. The summed E-state index contributed by atoms with van der Waals surface area (Å²) in [4.78, 5) is 19.0. The molecule has 3 rings (SSSR count). The molecular formula is C17H24N4O2S. The van der Waals surface area contributed by atoms with Crippen LogP contribution in [0.5, 0.6) is 0 Å². The van der Waals surface area contributed by atoms with Crippen LogP contribution in [0.4, 0.5) is 0 Å². The van der Waals surface area contributed by atoms with Gasteiger partial charge in [-0.2, -0.15) is 0 Å². The van der Waals surface area contributed by atoms with Crippen molar-refractivity contribution in [3.63, 3.8) is 0 Å². The Morgan fingerprint density at radius 2 is 2.42 bits per heavy atom. The van der Waals surface area contributed by atoms with Crippen LogP contribution in [0.25, 0.3) is 0 Å². The maximum absolute atomic E-state index is 12.2. The highest BCUT2D eigenvalue weighted by atomic mass is 32.1. The van der Waals surface area contributed by atoms with E-state index in [0.717, 1.165) is 31.2 Å². The minimum Gasteiger partial charge on any atom is -0.383 e. The summed E-state index contributed by atoms with van der Waals surface area (Å²) in [6.07, 6.45) is 4.50. The molecule has 1 amide bonds. The average Bonchev–Trinajstić information content (AvgIpc) is 3.17. The summed E-state index contributed by atoms with van der Waals surface area (Å²) in [5, 5.41) is 6.06. The van der Waals surface area contributed by atoms with Crippen molar-refractivity contribution in [3.05, 3.63) is 40.6 Å².